The highest BCUT2D eigenvalue weighted by molar-refractivity contribution is 14.1. The molecule has 0 N–H and O–H groups in total. The van der Waals surface area contributed by atoms with Crippen LogP contribution in [0.25, 0.3) is 11.3 Å². The first-order chi connectivity index (χ1) is 8.88. The van der Waals surface area contributed by atoms with Crippen molar-refractivity contribution in [2.45, 2.75) is 25.2 Å². The highest BCUT2D eigenvalue weighted by Crippen LogP contribution is 2.33. The van der Waals surface area contributed by atoms with Gasteiger partial charge in [-0.15, -0.1) is 0 Å². The van der Waals surface area contributed by atoms with Crippen LogP contribution in [-0.2, 0) is 6.42 Å². The minimum Gasteiger partial charge on any atom is -0.252 e. The van der Waals surface area contributed by atoms with Gasteiger partial charge in [-0.1, -0.05) is 59.0 Å². The van der Waals surface area contributed by atoms with Crippen LogP contribution in [0.2, 0.25) is 0 Å². The Kier molecular flexibility index (Phi) is 3.64. The summed E-state index contributed by atoms with van der Waals surface area (Å²) in [6, 6.07) is 14.9. The van der Waals surface area contributed by atoms with E-state index in [1.54, 1.807) is 0 Å². The summed E-state index contributed by atoms with van der Waals surface area (Å²) in [7, 11) is 0. The third-order valence-corrected chi connectivity index (χ3v) is 4.72. The Hall–Kier alpha value is -0.900. The zero-order chi connectivity index (χ0) is 12.4. The molecule has 0 amide bonds. The van der Waals surface area contributed by atoms with Crippen LogP contribution in [0.15, 0.2) is 42.5 Å². The molecule has 0 spiro atoms. The van der Waals surface area contributed by atoms with Gasteiger partial charge in [0.15, 0.2) is 0 Å². The topological polar surface area (TPSA) is 12.9 Å². The highest BCUT2D eigenvalue weighted by atomic mass is 127. The molecule has 0 fully saturated rings. The Morgan fingerprint density at radius 3 is 2.72 bits per heavy atom. The van der Waals surface area contributed by atoms with Gasteiger partial charge in [-0.25, -0.2) is 0 Å². The second kappa shape index (κ2) is 5.39. The smallest absolute Gasteiger partial charge is 0.0705 e. The fourth-order valence-corrected chi connectivity index (χ4v) is 3.52. The number of nitrogens with zero attached hydrogens (tertiary/aromatic N) is 1. The van der Waals surface area contributed by atoms with E-state index in [1.807, 2.05) is 0 Å². The molecule has 0 bridgehead atoms. The molecule has 0 radical (unpaired) electrons. The summed E-state index contributed by atoms with van der Waals surface area (Å²) in [6.07, 6.45) is 3.80. The number of halogens is 1. The summed E-state index contributed by atoms with van der Waals surface area (Å²) < 4.78 is 1.18. The molecule has 18 heavy (non-hydrogen) atoms. The molecule has 1 atom stereocenters. The van der Waals surface area contributed by atoms with Gasteiger partial charge < -0.3 is 0 Å². The van der Waals surface area contributed by atoms with Crippen LogP contribution < -0.4 is 0 Å². The first-order valence-electron chi connectivity index (χ1n) is 6.49. The lowest BCUT2D eigenvalue weighted by molar-refractivity contribution is 0.585. The lowest BCUT2D eigenvalue weighted by Gasteiger charge is -2.23. The molecule has 1 nitrogen and oxygen atoms in total. The zero-order valence-corrected chi connectivity index (χ0v) is 12.4. The molecule has 2 aromatic rings. The molecule has 2 heteroatoms. The van der Waals surface area contributed by atoms with Gasteiger partial charge in [0.25, 0.3) is 0 Å². The fourth-order valence-electron chi connectivity index (χ4n) is 2.66. The second-order valence-electron chi connectivity index (χ2n) is 4.85. The van der Waals surface area contributed by atoms with Crippen LogP contribution in [0, 0.1) is 0 Å². The third-order valence-electron chi connectivity index (χ3n) is 3.65. The number of rotatable bonds is 2. The summed E-state index contributed by atoms with van der Waals surface area (Å²) >= 11 is 2.49. The molecule has 0 aliphatic heterocycles. The van der Waals surface area contributed by atoms with Gasteiger partial charge in [0.05, 0.1) is 5.69 Å². The van der Waals surface area contributed by atoms with Crippen LogP contribution in [0.5, 0.6) is 0 Å². The Morgan fingerprint density at radius 2 is 1.94 bits per heavy atom. The van der Waals surface area contributed by atoms with E-state index in [1.165, 1.54) is 40.5 Å². The summed E-state index contributed by atoms with van der Waals surface area (Å²) in [6.45, 7) is 0. The predicted molar refractivity (Wildman–Crippen MR) is 84.2 cm³/mol. The normalized spacial score (nSPS) is 18.4. The van der Waals surface area contributed by atoms with Gasteiger partial charge in [0.1, 0.15) is 0 Å². The summed E-state index contributed by atoms with van der Waals surface area (Å²) in [4.78, 5) is 4.93. The van der Waals surface area contributed by atoms with E-state index in [0.29, 0.717) is 5.92 Å². The summed E-state index contributed by atoms with van der Waals surface area (Å²) in [5.41, 5.74) is 5.14. The zero-order valence-electron chi connectivity index (χ0n) is 10.3. The van der Waals surface area contributed by atoms with Gasteiger partial charge in [0.2, 0.25) is 0 Å². The standard InChI is InChI=1S/C16H16IN/c17-11-14-8-4-7-13-9-10-15(18-16(13)14)12-5-2-1-3-6-12/h1-3,5-6,9-10,14H,4,7-8,11H2/t14-/m1/s1. The molecular formula is C16H16IN. The molecule has 1 aromatic carbocycles. The number of fused-ring (bicyclic) bond motifs is 1. The van der Waals surface area contributed by atoms with Crippen LogP contribution >= 0.6 is 22.6 Å². The van der Waals surface area contributed by atoms with Crippen LogP contribution in [0.3, 0.4) is 0 Å². The fraction of sp³-hybridized carbons (Fsp3) is 0.312. The van der Waals surface area contributed by atoms with Crippen molar-refractivity contribution in [3.63, 3.8) is 0 Å². The number of hydrogen-bond donors (Lipinski definition) is 0. The molecule has 0 saturated carbocycles. The molecule has 0 saturated heterocycles. The number of benzene rings is 1. The lowest BCUT2D eigenvalue weighted by Crippen LogP contribution is -2.13. The number of alkyl halides is 1. The van der Waals surface area contributed by atoms with E-state index in [-0.39, 0.29) is 0 Å². The molecule has 3 rings (SSSR count). The van der Waals surface area contributed by atoms with Crippen molar-refractivity contribution in [1.29, 1.82) is 0 Å². The Labute approximate surface area is 122 Å². The molecular weight excluding hydrogens is 333 g/mol. The van der Waals surface area contributed by atoms with Crippen molar-refractivity contribution in [2.24, 2.45) is 0 Å². The van der Waals surface area contributed by atoms with E-state index < -0.39 is 0 Å². The molecule has 0 unspecified atom stereocenters. The number of aryl methyl sites for hydroxylation is 1. The Bertz CT molecular complexity index is 536. The molecule has 1 aliphatic rings. The van der Waals surface area contributed by atoms with E-state index in [2.05, 4.69) is 65.1 Å². The van der Waals surface area contributed by atoms with Crippen molar-refractivity contribution in [3.05, 3.63) is 53.7 Å². The van der Waals surface area contributed by atoms with E-state index in [9.17, 15) is 0 Å². The van der Waals surface area contributed by atoms with E-state index >= 15 is 0 Å². The number of hydrogen-bond acceptors (Lipinski definition) is 1. The second-order valence-corrected chi connectivity index (χ2v) is 5.73. The Morgan fingerprint density at radius 1 is 1.11 bits per heavy atom. The first-order valence-corrected chi connectivity index (χ1v) is 8.02. The average molecular weight is 349 g/mol. The lowest BCUT2D eigenvalue weighted by atomic mass is 9.87. The maximum atomic E-state index is 4.93. The minimum absolute atomic E-state index is 0.651. The monoisotopic (exact) mass is 349 g/mol. The number of pyridine rings is 1. The van der Waals surface area contributed by atoms with Gasteiger partial charge in [-0.05, 0) is 30.9 Å². The van der Waals surface area contributed by atoms with Gasteiger partial charge >= 0.3 is 0 Å². The van der Waals surface area contributed by atoms with Crippen molar-refractivity contribution < 1.29 is 0 Å². The average Bonchev–Trinajstić information content (AvgIpc) is 2.47. The SMILES string of the molecule is IC[C@H]1CCCc2ccc(-c3ccccc3)nc21. The van der Waals surface area contributed by atoms with Crippen LogP contribution in [0.1, 0.15) is 30.0 Å². The number of aromatic nitrogens is 1. The summed E-state index contributed by atoms with van der Waals surface area (Å²) in [5.74, 6) is 0.651. The van der Waals surface area contributed by atoms with E-state index in [0.717, 1.165) is 5.69 Å². The van der Waals surface area contributed by atoms with Crippen molar-refractivity contribution in [1.82, 2.24) is 4.98 Å². The maximum absolute atomic E-state index is 4.93. The molecule has 1 aromatic heterocycles. The molecule has 1 heterocycles. The van der Waals surface area contributed by atoms with Gasteiger partial charge in [0, 0.05) is 21.6 Å². The van der Waals surface area contributed by atoms with Crippen molar-refractivity contribution in [2.75, 3.05) is 4.43 Å². The highest BCUT2D eigenvalue weighted by Gasteiger charge is 2.21. The third kappa shape index (κ3) is 2.30. The molecule has 92 valence electrons. The Balaban J connectivity index is 2.04. The van der Waals surface area contributed by atoms with Gasteiger partial charge in [-0.3, -0.25) is 4.98 Å². The minimum atomic E-state index is 0.651. The molecule has 1 aliphatic carbocycles. The van der Waals surface area contributed by atoms with Crippen molar-refractivity contribution >= 4 is 22.6 Å². The quantitative estimate of drug-likeness (QED) is 0.570. The van der Waals surface area contributed by atoms with Crippen LogP contribution in [-0.4, -0.2) is 9.41 Å². The first kappa shape index (κ1) is 12.2. The largest absolute Gasteiger partial charge is 0.252 e. The van der Waals surface area contributed by atoms with Crippen LogP contribution in [0.4, 0.5) is 0 Å². The summed E-state index contributed by atoms with van der Waals surface area (Å²) in [5, 5.41) is 0. The van der Waals surface area contributed by atoms with Gasteiger partial charge in [-0.2, -0.15) is 0 Å². The maximum Gasteiger partial charge on any atom is 0.0705 e. The predicted octanol–water partition coefficient (Wildman–Crippen LogP) is 4.60. The van der Waals surface area contributed by atoms with Crippen molar-refractivity contribution in [3.8, 4) is 11.3 Å². The van der Waals surface area contributed by atoms with E-state index in [4.69, 9.17) is 4.98 Å².